The fraction of sp³-hybridized carbons (Fsp3) is 0.100. The zero-order chi connectivity index (χ0) is 19.2. The Kier molecular flexibility index (Phi) is 6.16. The summed E-state index contributed by atoms with van der Waals surface area (Å²) in [4.78, 5) is 11.8. The predicted octanol–water partition coefficient (Wildman–Crippen LogP) is 5.09. The van der Waals surface area contributed by atoms with Gasteiger partial charge in [-0.3, -0.25) is 4.79 Å². The largest absolute Gasteiger partial charge is 0.483 e. The Morgan fingerprint density at radius 1 is 1.19 bits per heavy atom. The number of hydrazone groups is 1. The number of nitrogens with zero attached hydrogens (tertiary/aromatic N) is 1. The number of nitrogens with one attached hydrogen (secondary N) is 1. The minimum Gasteiger partial charge on any atom is -0.483 e. The van der Waals surface area contributed by atoms with E-state index in [1.807, 2.05) is 25.1 Å². The van der Waals surface area contributed by atoms with Crippen LogP contribution in [0.25, 0.3) is 11.3 Å². The molecule has 5 nitrogen and oxygen atoms in total. The number of amides is 1. The van der Waals surface area contributed by atoms with Gasteiger partial charge in [-0.2, -0.15) is 5.10 Å². The number of hydrogen-bond donors (Lipinski definition) is 1. The van der Waals surface area contributed by atoms with Crippen molar-refractivity contribution in [3.05, 3.63) is 76.0 Å². The molecule has 0 saturated carbocycles. The Bertz CT molecular complexity index is 983. The molecule has 0 atom stereocenters. The van der Waals surface area contributed by atoms with Gasteiger partial charge in [0, 0.05) is 10.6 Å². The normalized spacial score (nSPS) is 10.9. The van der Waals surface area contributed by atoms with Gasteiger partial charge in [0.2, 0.25) is 0 Å². The molecule has 7 heteroatoms. The van der Waals surface area contributed by atoms with Gasteiger partial charge in [-0.1, -0.05) is 41.4 Å². The van der Waals surface area contributed by atoms with E-state index in [1.165, 1.54) is 6.21 Å². The molecule has 0 aliphatic heterocycles. The summed E-state index contributed by atoms with van der Waals surface area (Å²) in [5.41, 5.74) is 4.07. The maximum absolute atomic E-state index is 11.8. The van der Waals surface area contributed by atoms with E-state index in [-0.39, 0.29) is 12.5 Å². The van der Waals surface area contributed by atoms with E-state index >= 15 is 0 Å². The summed E-state index contributed by atoms with van der Waals surface area (Å²) < 4.78 is 11.1. The van der Waals surface area contributed by atoms with Crippen LogP contribution in [0.5, 0.6) is 5.75 Å². The first-order valence-corrected chi connectivity index (χ1v) is 8.84. The van der Waals surface area contributed by atoms with Crippen molar-refractivity contribution in [3.63, 3.8) is 0 Å². The molecular weight excluding hydrogens is 387 g/mol. The van der Waals surface area contributed by atoms with Crippen molar-refractivity contribution in [1.82, 2.24) is 5.43 Å². The van der Waals surface area contributed by atoms with E-state index < -0.39 is 0 Å². The average molecular weight is 403 g/mol. The molecule has 3 rings (SSSR count). The highest BCUT2D eigenvalue weighted by Crippen LogP contribution is 2.31. The second kappa shape index (κ2) is 8.75. The van der Waals surface area contributed by atoms with Gasteiger partial charge in [0.05, 0.1) is 11.2 Å². The van der Waals surface area contributed by atoms with Crippen molar-refractivity contribution < 1.29 is 13.9 Å². The van der Waals surface area contributed by atoms with Crippen LogP contribution in [0.15, 0.2) is 64.1 Å². The number of hydrogen-bond acceptors (Lipinski definition) is 4. The molecule has 1 amide bonds. The Hall–Kier alpha value is -2.76. The van der Waals surface area contributed by atoms with Crippen LogP contribution in [-0.2, 0) is 4.79 Å². The Labute approximate surface area is 166 Å². The summed E-state index contributed by atoms with van der Waals surface area (Å²) in [6, 6.07) is 16.1. The lowest BCUT2D eigenvalue weighted by molar-refractivity contribution is -0.123. The SMILES string of the molecule is Cc1ccccc1OCC(=O)N/N=C\c1ccc(-c2ccc(Cl)cc2Cl)o1. The number of benzene rings is 2. The minimum atomic E-state index is -0.373. The lowest BCUT2D eigenvalue weighted by atomic mass is 10.2. The summed E-state index contributed by atoms with van der Waals surface area (Å²) in [5, 5.41) is 4.90. The monoisotopic (exact) mass is 402 g/mol. The molecule has 0 bridgehead atoms. The molecule has 0 spiro atoms. The average Bonchev–Trinajstić information content (AvgIpc) is 3.09. The molecule has 27 heavy (non-hydrogen) atoms. The summed E-state index contributed by atoms with van der Waals surface area (Å²) in [6.45, 7) is 1.78. The maximum atomic E-state index is 11.8. The first-order valence-electron chi connectivity index (χ1n) is 8.08. The van der Waals surface area contributed by atoms with Crippen molar-refractivity contribution >= 4 is 35.3 Å². The van der Waals surface area contributed by atoms with E-state index in [0.29, 0.717) is 27.3 Å². The standard InChI is InChI=1S/C20H16Cl2N2O3/c1-13-4-2-3-5-18(13)26-12-20(25)24-23-11-15-7-9-19(27-15)16-8-6-14(21)10-17(16)22/h2-11H,12H2,1H3,(H,24,25)/b23-11-. The van der Waals surface area contributed by atoms with Gasteiger partial charge in [-0.15, -0.1) is 0 Å². The Morgan fingerprint density at radius 3 is 2.78 bits per heavy atom. The van der Waals surface area contributed by atoms with E-state index in [0.717, 1.165) is 11.1 Å². The summed E-state index contributed by atoms with van der Waals surface area (Å²) >= 11 is 12.1. The molecule has 0 saturated heterocycles. The van der Waals surface area contributed by atoms with Crippen molar-refractivity contribution in [2.24, 2.45) is 5.10 Å². The molecule has 1 heterocycles. The first kappa shape index (κ1) is 19.0. The number of rotatable bonds is 6. The highest BCUT2D eigenvalue weighted by atomic mass is 35.5. The zero-order valence-corrected chi connectivity index (χ0v) is 15.9. The Morgan fingerprint density at radius 2 is 2.00 bits per heavy atom. The van der Waals surface area contributed by atoms with Crippen molar-refractivity contribution in [3.8, 4) is 17.1 Å². The van der Waals surface area contributed by atoms with Crippen LogP contribution in [0.1, 0.15) is 11.3 Å². The first-order chi connectivity index (χ1) is 13.0. The van der Waals surface area contributed by atoms with E-state index in [9.17, 15) is 4.79 Å². The third-order valence-electron chi connectivity index (χ3n) is 3.66. The molecule has 0 fully saturated rings. The number of para-hydroxylation sites is 1. The number of carbonyl (C=O) groups excluding carboxylic acids is 1. The van der Waals surface area contributed by atoms with Crippen molar-refractivity contribution in [1.29, 1.82) is 0 Å². The lowest BCUT2D eigenvalue weighted by Gasteiger charge is -2.07. The van der Waals surface area contributed by atoms with Crippen LogP contribution in [0.4, 0.5) is 0 Å². The van der Waals surface area contributed by atoms with Crippen LogP contribution in [-0.4, -0.2) is 18.7 Å². The molecule has 1 aromatic heterocycles. The summed E-state index contributed by atoms with van der Waals surface area (Å²) in [5.74, 6) is 1.33. The molecule has 0 unspecified atom stereocenters. The second-order valence-corrected chi connectivity index (χ2v) is 6.52. The quantitative estimate of drug-likeness (QED) is 0.461. The fourth-order valence-electron chi connectivity index (χ4n) is 2.32. The molecule has 0 aliphatic carbocycles. The van der Waals surface area contributed by atoms with E-state index in [1.54, 1.807) is 36.4 Å². The number of aryl methyl sites for hydroxylation is 1. The van der Waals surface area contributed by atoms with Crippen molar-refractivity contribution in [2.45, 2.75) is 6.92 Å². The number of carbonyl (C=O) groups is 1. The van der Waals surface area contributed by atoms with E-state index in [2.05, 4.69) is 10.5 Å². The van der Waals surface area contributed by atoms with Crippen LogP contribution >= 0.6 is 23.2 Å². The molecule has 2 aromatic carbocycles. The third kappa shape index (κ3) is 5.12. The highest BCUT2D eigenvalue weighted by Gasteiger charge is 2.09. The topological polar surface area (TPSA) is 63.8 Å². The van der Waals surface area contributed by atoms with Gasteiger partial charge >= 0.3 is 0 Å². The van der Waals surface area contributed by atoms with Gasteiger partial charge in [0.15, 0.2) is 6.61 Å². The number of halogens is 2. The lowest BCUT2D eigenvalue weighted by Crippen LogP contribution is -2.24. The highest BCUT2D eigenvalue weighted by molar-refractivity contribution is 6.36. The maximum Gasteiger partial charge on any atom is 0.277 e. The summed E-state index contributed by atoms with van der Waals surface area (Å²) in [6.07, 6.45) is 1.40. The van der Waals surface area contributed by atoms with Crippen LogP contribution in [0.2, 0.25) is 10.0 Å². The smallest absolute Gasteiger partial charge is 0.277 e. The predicted molar refractivity (Wildman–Crippen MR) is 107 cm³/mol. The molecule has 3 aromatic rings. The summed E-state index contributed by atoms with van der Waals surface area (Å²) in [7, 11) is 0. The van der Waals surface area contributed by atoms with Gasteiger partial charge in [-0.05, 0) is 48.9 Å². The molecule has 1 N–H and O–H groups in total. The van der Waals surface area contributed by atoms with E-state index in [4.69, 9.17) is 32.4 Å². The van der Waals surface area contributed by atoms with Gasteiger partial charge in [-0.25, -0.2) is 5.43 Å². The van der Waals surface area contributed by atoms with Crippen LogP contribution in [0, 0.1) is 6.92 Å². The molecule has 0 aliphatic rings. The zero-order valence-electron chi connectivity index (χ0n) is 14.4. The number of furan rings is 1. The molecule has 0 radical (unpaired) electrons. The molecular formula is C20H16Cl2N2O3. The van der Waals surface area contributed by atoms with Gasteiger partial charge < -0.3 is 9.15 Å². The van der Waals surface area contributed by atoms with Gasteiger partial charge in [0.1, 0.15) is 17.3 Å². The van der Waals surface area contributed by atoms with Gasteiger partial charge in [0.25, 0.3) is 5.91 Å². The molecule has 138 valence electrons. The van der Waals surface area contributed by atoms with Crippen LogP contribution in [0.3, 0.4) is 0 Å². The Balaban J connectivity index is 1.55. The number of ether oxygens (including phenoxy) is 1. The van der Waals surface area contributed by atoms with Crippen molar-refractivity contribution in [2.75, 3.05) is 6.61 Å². The third-order valence-corrected chi connectivity index (χ3v) is 4.20. The minimum absolute atomic E-state index is 0.133. The second-order valence-electron chi connectivity index (χ2n) is 5.67. The fourth-order valence-corrected chi connectivity index (χ4v) is 2.82. The van der Waals surface area contributed by atoms with Crippen LogP contribution < -0.4 is 10.2 Å².